The standard InChI is InChI=1S/C12H16N4O/c1-8-9(7-15-16-8)6-14-12-4-3-10(17-2)5-11(12)13/h3-5,7,14H,6,13H2,1-2H3,(H,15,16). The zero-order valence-electron chi connectivity index (χ0n) is 9.95. The van der Waals surface area contributed by atoms with Crippen LogP contribution in [0.2, 0.25) is 0 Å². The fraction of sp³-hybridized carbons (Fsp3) is 0.250. The first-order chi connectivity index (χ1) is 8.20. The van der Waals surface area contributed by atoms with Crippen molar-refractivity contribution >= 4 is 11.4 Å². The number of nitrogens with zero attached hydrogens (tertiary/aromatic N) is 1. The van der Waals surface area contributed by atoms with Crippen LogP contribution >= 0.6 is 0 Å². The zero-order valence-corrected chi connectivity index (χ0v) is 9.95. The van der Waals surface area contributed by atoms with E-state index < -0.39 is 0 Å². The number of nitrogens with two attached hydrogens (primary N) is 1. The smallest absolute Gasteiger partial charge is 0.121 e. The number of benzene rings is 1. The van der Waals surface area contributed by atoms with Crippen molar-refractivity contribution in [3.05, 3.63) is 35.7 Å². The van der Waals surface area contributed by atoms with Crippen molar-refractivity contribution in [1.29, 1.82) is 0 Å². The number of ether oxygens (including phenoxy) is 1. The average molecular weight is 232 g/mol. The van der Waals surface area contributed by atoms with Gasteiger partial charge in [-0.2, -0.15) is 5.10 Å². The van der Waals surface area contributed by atoms with Gasteiger partial charge in [0.25, 0.3) is 0 Å². The van der Waals surface area contributed by atoms with E-state index in [0.717, 1.165) is 22.7 Å². The predicted octanol–water partition coefficient (Wildman–Crippen LogP) is 1.92. The van der Waals surface area contributed by atoms with Gasteiger partial charge in [-0.05, 0) is 19.1 Å². The predicted molar refractivity (Wildman–Crippen MR) is 68.1 cm³/mol. The lowest BCUT2D eigenvalue weighted by molar-refractivity contribution is 0.415. The minimum Gasteiger partial charge on any atom is -0.497 e. The van der Waals surface area contributed by atoms with Gasteiger partial charge in [0, 0.05) is 23.9 Å². The summed E-state index contributed by atoms with van der Waals surface area (Å²) < 4.78 is 5.10. The lowest BCUT2D eigenvalue weighted by atomic mass is 10.2. The van der Waals surface area contributed by atoms with Gasteiger partial charge in [-0.1, -0.05) is 0 Å². The minimum atomic E-state index is 0.672. The highest BCUT2D eigenvalue weighted by Gasteiger charge is 2.03. The molecule has 0 saturated heterocycles. The maximum atomic E-state index is 5.91. The number of nitrogens with one attached hydrogen (secondary N) is 2. The summed E-state index contributed by atoms with van der Waals surface area (Å²) in [5, 5.41) is 10.1. The molecule has 5 heteroatoms. The molecule has 1 heterocycles. The van der Waals surface area contributed by atoms with E-state index in [1.807, 2.05) is 25.3 Å². The molecule has 0 radical (unpaired) electrons. The van der Waals surface area contributed by atoms with Crippen LogP contribution in [-0.2, 0) is 6.54 Å². The number of aryl methyl sites for hydroxylation is 1. The average Bonchev–Trinajstić information content (AvgIpc) is 2.73. The van der Waals surface area contributed by atoms with E-state index in [-0.39, 0.29) is 0 Å². The van der Waals surface area contributed by atoms with Crippen molar-refractivity contribution < 1.29 is 4.74 Å². The molecule has 1 aromatic carbocycles. The second-order valence-electron chi connectivity index (χ2n) is 3.83. The van der Waals surface area contributed by atoms with Crippen LogP contribution in [0.3, 0.4) is 0 Å². The van der Waals surface area contributed by atoms with Crippen molar-refractivity contribution in [3.8, 4) is 5.75 Å². The summed E-state index contributed by atoms with van der Waals surface area (Å²) in [5.41, 5.74) is 9.66. The van der Waals surface area contributed by atoms with Crippen LogP contribution in [0.4, 0.5) is 11.4 Å². The zero-order chi connectivity index (χ0) is 12.3. The van der Waals surface area contributed by atoms with E-state index in [1.54, 1.807) is 13.2 Å². The van der Waals surface area contributed by atoms with Gasteiger partial charge in [-0.15, -0.1) is 0 Å². The van der Waals surface area contributed by atoms with Crippen molar-refractivity contribution in [1.82, 2.24) is 10.2 Å². The number of methoxy groups -OCH3 is 1. The van der Waals surface area contributed by atoms with Gasteiger partial charge in [-0.25, -0.2) is 0 Å². The SMILES string of the molecule is COc1ccc(NCc2cn[nH]c2C)c(N)c1. The molecule has 2 aromatic rings. The van der Waals surface area contributed by atoms with Crippen LogP contribution < -0.4 is 15.8 Å². The number of anilines is 2. The molecular weight excluding hydrogens is 216 g/mol. The van der Waals surface area contributed by atoms with E-state index in [0.29, 0.717) is 12.2 Å². The van der Waals surface area contributed by atoms with E-state index in [2.05, 4.69) is 15.5 Å². The molecule has 90 valence electrons. The van der Waals surface area contributed by atoms with Crippen molar-refractivity contribution in [2.45, 2.75) is 13.5 Å². The van der Waals surface area contributed by atoms with Crippen LogP contribution in [0.25, 0.3) is 0 Å². The normalized spacial score (nSPS) is 10.2. The van der Waals surface area contributed by atoms with Gasteiger partial charge in [0.15, 0.2) is 0 Å². The highest BCUT2D eigenvalue weighted by molar-refractivity contribution is 5.68. The molecule has 4 N–H and O–H groups in total. The maximum Gasteiger partial charge on any atom is 0.121 e. The first kappa shape index (κ1) is 11.3. The second-order valence-corrected chi connectivity index (χ2v) is 3.83. The fourth-order valence-electron chi connectivity index (χ4n) is 1.57. The van der Waals surface area contributed by atoms with Gasteiger partial charge in [0.2, 0.25) is 0 Å². The van der Waals surface area contributed by atoms with Crippen LogP contribution in [0.1, 0.15) is 11.3 Å². The molecule has 5 nitrogen and oxygen atoms in total. The van der Waals surface area contributed by atoms with E-state index in [1.165, 1.54) is 0 Å². The number of aromatic amines is 1. The molecule has 0 spiro atoms. The van der Waals surface area contributed by atoms with Crippen LogP contribution in [-0.4, -0.2) is 17.3 Å². The number of aromatic nitrogens is 2. The Morgan fingerprint density at radius 2 is 2.29 bits per heavy atom. The first-order valence-electron chi connectivity index (χ1n) is 5.37. The quantitative estimate of drug-likeness (QED) is 0.704. The molecule has 0 amide bonds. The Balaban J connectivity index is 2.07. The molecule has 0 bridgehead atoms. The Kier molecular flexibility index (Phi) is 3.18. The maximum absolute atomic E-state index is 5.91. The summed E-state index contributed by atoms with van der Waals surface area (Å²) in [5.74, 6) is 0.757. The van der Waals surface area contributed by atoms with Crippen LogP contribution in [0.5, 0.6) is 5.75 Å². The summed E-state index contributed by atoms with van der Waals surface area (Å²) in [6.07, 6.45) is 1.81. The first-order valence-corrected chi connectivity index (χ1v) is 5.37. The van der Waals surface area contributed by atoms with Gasteiger partial charge < -0.3 is 15.8 Å². The lowest BCUT2D eigenvalue weighted by Gasteiger charge is -2.10. The number of H-pyrrole nitrogens is 1. The summed E-state index contributed by atoms with van der Waals surface area (Å²) in [6.45, 7) is 2.68. The number of hydrogen-bond acceptors (Lipinski definition) is 4. The van der Waals surface area contributed by atoms with Crippen LogP contribution in [0.15, 0.2) is 24.4 Å². The second kappa shape index (κ2) is 4.78. The molecule has 17 heavy (non-hydrogen) atoms. The monoisotopic (exact) mass is 232 g/mol. The van der Waals surface area contributed by atoms with Crippen molar-refractivity contribution in [2.75, 3.05) is 18.2 Å². The van der Waals surface area contributed by atoms with Crippen molar-refractivity contribution in [3.63, 3.8) is 0 Å². The third kappa shape index (κ3) is 2.50. The van der Waals surface area contributed by atoms with Gasteiger partial charge in [-0.3, -0.25) is 5.10 Å². The highest BCUT2D eigenvalue weighted by atomic mass is 16.5. The lowest BCUT2D eigenvalue weighted by Crippen LogP contribution is -2.03. The van der Waals surface area contributed by atoms with Crippen molar-refractivity contribution in [2.24, 2.45) is 0 Å². The topological polar surface area (TPSA) is 76.0 Å². The summed E-state index contributed by atoms with van der Waals surface area (Å²) >= 11 is 0. The molecule has 0 unspecified atom stereocenters. The van der Waals surface area contributed by atoms with Crippen LogP contribution in [0, 0.1) is 6.92 Å². The van der Waals surface area contributed by atoms with Gasteiger partial charge in [0.05, 0.1) is 24.7 Å². The molecule has 0 saturated carbocycles. The Morgan fingerprint density at radius 1 is 1.47 bits per heavy atom. The molecule has 0 atom stereocenters. The molecule has 0 aliphatic rings. The Bertz CT molecular complexity index is 507. The minimum absolute atomic E-state index is 0.672. The van der Waals surface area contributed by atoms with Gasteiger partial charge >= 0.3 is 0 Å². The summed E-state index contributed by atoms with van der Waals surface area (Å²) in [6, 6.07) is 5.58. The molecule has 0 aliphatic carbocycles. The molecular formula is C12H16N4O. The molecule has 2 rings (SSSR count). The fourth-order valence-corrected chi connectivity index (χ4v) is 1.57. The Labute approximate surface area is 100.0 Å². The Morgan fingerprint density at radius 3 is 2.88 bits per heavy atom. The number of rotatable bonds is 4. The highest BCUT2D eigenvalue weighted by Crippen LogP contribution is 2.24. The van der Waals surface area contributed by atoms with E-state index in [4.69, 9.17) is 10.5 Å². The largest absolute Gasteiger partial charge is 0.497 e. The molecule has 1 aromatic heterocycles. The third-order valence-corrected chi connectivity index (χ3v) is 2.66. The Hall–Kier alpha value is -2.17. The summed E-state index contributed by atoms with van der Waals surface area (Å²) in [7, 11) is 1.62. The van der Waals surface area contributed by atoms with Gasteiger partial charge in [0.1, 0.15) is 5.75 Å². The summed E-state index contributed by atoms with van der Waals surface area (Å²) in [4.78, 5) is 0. The van der Waals surface area contributed by atoms with E-state index >= 15 is 0 Å². The number of hydrogen-bond donors (Lipinski definition) is 3. The van der Waals surface area contributed by atoms with E-state index in [9.17, 15) is 0 Å². The molecule has 0 aliphatic heterocycles. The third-order valence-electron chi connectivity index (χ3n) is 2.66. The molecule has 0 fully saturated rings. The number of nitrogen functional groups attached to an aromatic ring is 1.